The predicted molar refractivity (Wildman–Crippen MR) is 110 cm³/mol. The van der Waals surface area contributed by atoms with Crippen molar-refractivity contribution < 1.29 is 13.2 Å². The van der Waals surface area contributed by atoms with Crippen LogP contribution in [-0.4, -0.2) is 64.9 Å². The third kappa shape index (κ3) is 2.84. The summed E-state index contributed by atoms with van der Waals surface area (Å²) in [5, 5.41) is 11.1. The zero-order valence-corrected chi connectivity index (χ0v) is 17.6. The van der Waals surface area contributed by atoms with Gasteiger partial charge < -0.3 is 9.64 Å². The molecule has 156 valence electrons. The number of nitrogens with zero attached hydrogens (tertiary/aromatic N) is 6. The Balaban J connectivity index is 1.81. The Labute approximate surface area is 173 Å². The van der Waals surface area contributed by atoms with Crippen molar-refractivity contribution in [2.45, 2.75) is 24.8 Å². The summed E-state index contributed by atoms with van der Waals surface area (Å²) in [6.45, 7) is 5.80. The second-order valence-corrected chi connectivity index (χ2v) is 9.05. The second-order valence-electron chi connectivity index (χ2n) is 7.51. The van der Waals surface area contributed by atoms with Crippen molar-refractivity contribution in [2.24, 2.45) is 11.4 Å². The van der Waals surface area contributed by atoms with E-state index in [9.17, 15) is 8.42 Å². The van der Waals surface area contributed by atoms with Gasteiger partial charge in [-0.25, -0.2) is 4.98 Å². The van der Waals surface area contributed by atoms with Gasteiger partial charge in [-0.1, -0.05) is 0 Å². The molecule has 1 saturated heterocycles. The van der Waals surface area contributed by atoms with E-state index in [-0.39, 0.29) is 16.6 Å². The summed E-state index contributed by atoms with van der Waals surface area (Å²) in [5.41, 5.74) is 3.24. The van der Waals surface area contributed by atoms with Crippen LogP contribution in [0.1, 0.15) is 23.9 Å². The molecular weight excluding hydrogens is 406 g/mol. The summed E-state index contributed by atoms with van der Waals surface area (Å²) in [7, 11) is -2.14. The summed E-state index contributed by atoms with van der Waals surface area (Å²) in [6.07, 6.45) is 3.28. The quantitative estimate of drug-likeness (QED) is 0.669. The number of rotatable bonds is 3. The van der Waals surface area contributed by atoms with Crippen LogP contribution >= 0.6 is 0 Å². The van der Waals surface area contributed by atoms with E-state index in [0.29, 0.717) is 42.5 Å². The minimum atomic E-state index is -3.94. The number of morpholine rings is 1. The molecule has 11 heteroatoms. The molecule has 0 bridgehead atoms. The fourth-order valence-electron chi connectivity index (χ4n) is 4.04. The van der Waals surface area contributed by atoms with E-state index in [2.05, 4.69) is 31.5 Å². The molecule has 0 amide bonds. The van der Waals surface area contributed by atoms with Crippen LogP contribution in [0.4, 0.5) is 5.82 Å². The van der Waals surface area contributed by atoms with Gasteiger partial charge in [0.05, 0.1) is 36.8 Å². The Kier molecular flexibility index (Phi) is 4.26. The Morgan fingerprint density at radius 3 is 2.83 bits per heavy atom. The van der Waals surface area contributed by atoms with Crippen LogP contribution < -0.4 is 4.90 Å². The van der Waals surface area contributed by atoms with Gasteiger partial charge in [-0.05, 0) is 31.5 Å². The van der Waals surface area contributed by atoms with E-state index in [1.165, 1.54) is 0 Å². The number of ether oxygens (including phenoxy) is 1. The van der Waals surface area contributed by atoms with Gasteiger partial charge in [0.25, 0.3) is 10.0 Å². The Morgan fingerprint density at radius 1 is 1.33 bits per heavy atom. The van der Waals surface area contributed by atoms with E-state index >= 15 is 0 Å². The number of sulfonamides is 1. The fraction of sp³-hybridized carbons (Fsp3) is 0.368. The highest BCUT2D eigenvalue weighted by Gasteiger charge is 2.37. The molecule has 0 aromatic carbocycles. The van der Waals surface area contributed by atoms with Crippen molar-refractivity contribution in [1.82, 2.24) is 25.0 Å². The van der Waals surface area contributed by atoms with Crippen molar-refractivity contribution >= 4 is 21.6 Å². The van der Waals surface area contributed by atoms with Gasteiger partial charge in [0, 0.05) is 25.4 Å². The highest BCUT2D eigenvalue weighted by molar-refractivity contribution is 7.91. The first-order chi connectivity index (χ1) is 14.4. The second kappa shape index (κ2) is 6.74. The van der Waals surface area contributed by atoms with Crippen molar-refractivity contribution in [3.05, 3.63) is 41.5 Å². The number of fused-ring (bicyclic) bond motifs is 1. The van der Waals surface area contributed by atoms with E-state index < -0.39 is 10.0 Å². The zero-order valence-electron chi connectivity index (χ0n) is 16.8. The monoisotopic (exact) mass is 427 g/mol. The number of nitrogens with one attached hydrogen (secondary N) is 1. The Morgan fingerprint density at radius 2 is 2.17 bits per heavy atom. The predicted octanol–water partition coefficient (Wildman–Crippen LogP) is 1.28. The molecule has 3 aromatic heterocycles. The van der Waals surface area contributed by atoms with Gasteiger partial charge in [0.15, 0.2) is 0 Å². The SMILES string of the molecule is Cc1cnn(C)c1-c1cc(N2CCOC[C@H]2C)nc2c1S(=O)(=O)N=C2c1ccn[nH]1. The number of aromatic nitrogens is 5. The molecule has 1 atom stereocenters. The highest BCUT2D eigenvalue weighted by Crippen LogP contribution is 2.39. The number of aryl methyl sites for hydroxylation is 2. The number of H-pyrrole nitrogens is 1. The van der Waals surface area contributed by atoms with Crippen LogP contribution in [0.25, 0.3) is 11.3 Å². The van der Waals surface area contributed by atoms with Crippen LogP contribution in [0.2, 0.25) is 0 Å². The molecule has 0 saturated carbocycles. The summed E-state index contributed by atoms with van der Waals surface area (Å²) in [5.74, 6) is 0.685. The van der Waals surface area contributed by atoms with Crippen LogP contribution in [0.5, 0.6) is 0 Å². The molecule has 0 aliphatic carbocycles. The average Bonchev–Trinajstić information content (AvgIpc) is 3.41. The van der Waals surface area contributed by atoms with Crippen molar-refractivity contribution in [1.29, 1.82) is 0 Å². The molecule has 5 rings (SSSR count). The third-order valence-corrected chi connectivity index (χ3v) is 6.80. The maximum Gasteiger partial charge on any atom is 0.285 e. The van der Waals surface area contributed by atoms with Crippen LogP contribution in [-0.2, 0) is 21.8 Å². The van der Waals surface area contributed by atoms with Gasteiger partial charge in [0.1, 0.15) is 22.1 Å². The molecule has 2 aliphatic rings. The van der Waals surface area contributed by atoms with Gasteiger partial charge in [-0.15, -0.1) is 0 Å². The molecule has 0 spiro atoms. The molecule has 30 heavy (non-hydrogen) atoms. The lowest BCUT2D eigenvalue weighted by molar-refractivity contribution is 0.0985. The molecule has 1 N–H and O–H groups in total. The van der Waals surface area contributed by atoms with Gasteiger partial charge >= 0.3 is 0 Å². The fourth-order valence-corrected chi connectivity index (χ4v) is 5.38. The standard InChI is InChI=1S/C19H21N7O3S/c1-11-9-21-25(3)18(11)13-8-15(26-6-7-29-10-12(26)2)22-17-16(14-4-5-20-23-14)24-30(27,28)19(13)17/h4-5,8-9,12H,6-7,10H2,1-3H3,(H,20,23)/t12-/m1/s1. The molecule has 2 aliphatic heterocycles. The molecule has 10 nitrogen and oxygen atoms in total. The minimum Gasteiger partial charge on any atom is -0.377 e. The molecular formula is C19H21N7O3S. The summed E-state index contributed by atoms with van der Waals surface area (Å²) < 4.78 is 37.5. The normalized spacial score (nSPS) is 20.3. The van der Waals surface area contributed by atoms with E-state index in [4.69, 9.17) is 9.72 Å². The topological polar surface area (TPSA) is 118 Å². The van der Waals surface area contributed by atoms with Gasteiger partial charge in [-0.3, -0.25) is 9.78 Å². The van der Waals surface area contributed by atoms with Crippen molar-refractivity contribution in [3.8, 4) is 11.3 Å². The Bertz CT molecular complexity index is 1240. The highest BCUT2D eigenvalue weighted by atomic mass is 32.2. The number of hydrogen-bond donors (Lipinski definition) is 1. The lowest BCUT2D eigenvalue weighted by atomic mass is 10.0. The number of aromatic amines is 1. The van der Waals surface area contributed by atoms with Crippen LogP contribution in [0, 0.1) is 6.92 Å². The smallest absolute Gasteiger partial charge is 0.285 e. The van der Waals surface area contributed by atoms with Crippen molar-refractivity contribution in [3.63, 3.8) is 0 Å². The maximum absolute atomic E-state index is 13.1. The van der Waals surface area contributed by atoms with E-state index in [0.717, 1.165) is 11.3 Å². The summed E-state index contributed by atoms with van der Waals surface area (Å²) in [4.78, 5) is 7.01. The molecule has 0 radical (unpaired) electrons. The first kappa shape index (κ1) is 18.9. The molecule has 3 aromatic rings. The van der Waals surface area contributed by atoms with Crippen LogP contribution in [0.3, 0.4) is 0 Å². The first-order valence-corrected chi connectivity index (χ1v) is 11.0. The molecule has 5 heterocycles. The van der Waals surface area contributed by atoms with E-state index in [1.54, 1.807) is 30.2 Å². The lowest BCUT2D eigenvalue weighted by Crippen LogP contribution is -2.44. The summed E-state index contributed by atoms with van der Waals surface area (Å²) in [6, 6.07) is 3.62. The van der Waals surface area contributed by atoms with Crippen LogP contribution in [0.15, 0.2) is 33.8 Å². The average molecular weight is 427 g/mol. The van der Waals surface area contributed by atoms with E-state index in [1.807, 2.05) is 13.0 Å². The zero-order chi connectivity index (χ0) is 21.0. The first-order valence-electron chi connectivity index (χ1n) is 9.60. The molecule has 1 fully saturated rings. The number of hydrogen-bond acceptors (Lipinski definition) is 7. The number of anilines is 1. The molecule has 0 unspecified atom stereocenters. The van der Waals surface area contributed by atoms with Gasteiger partial charge in [-0.2, -0.15) is 23.0 Å². The third-order valence-electron chi connectivity index (χ3n) is 5.45. The lowest BCUT2D eigenvalue weighted by Gasteiger charge is -2.34. The number of pyridine rings is 1. The summed E-state index contributed by atoms with van der Waals surface area (Å²) >= 11 is 0. The minimum absolute atomic E-state index is 0.100. The largest absolute Gasteiger partial charge is 0.377 e. The van der Waals surface area contributed by atoms with Crippen molar-refractivity contribution in [2.75, 3.05) is 24.7 Å². The maximum atomic E-state index is 13.1. The Hall–Kier alpha value is -3.05. The van der Waals surface area contributed by atoms with Gasteiger partial charge in [0.2, 0.25) is 0 Å².